The summed E-state index contributed by atoms with van der Waals surface area (Å²) in [5, 5.41) is 0. The molecule has 53 heavy (non-hydrogen) atoms. The summed E-state index contributed by atoms with van der Waals surface area (Å²) in [5.74, 6) is 0. The molecule has 0 aromatic heterocycles. The van der Waals surface area contributed by atoms with Crippen LogP contribution in [0.5, 0.6) is 0 Å². The van der Waals surface area contributed by atoms with Gasteiger partial charge in [0.2, 0.25) is 0 Å². The Labute approximate surface area is 312 Å². The Morgan fingerprint density at radius 1 is 0.434 bits per heavy atom. The molecule has 5 atom stereocenters. The predicted octanol–water partition coefficient (Wildman–Crippen LogP) is 9.12. The van der Waals surface area contributed by atoms with Crippen molar-refractivity contribution < 1.29 is 28.4 Å². The van der Waals surface area contributed by atoms with E-state index in [1.54, 1.807) is 7.11 Å². The van der Waals surface area contributed by atoms with E-state index in [1.165, 1.54) is 0 Å². The van der Waals surface area contributed by atoms with Gasteiger partial charge in [0.15, 0.2) is 6.29 Å². The highest BCUT2D eigenvalue weighted by Crippen LogP contribution is 2.42. The van der Waals surface area contributed by atoms with E-state index in [4.69, 9.17) is 28.4 Å². The van der Waals surface area contributed by atoms with E-state index in [0.29, 0.717) is 19.8 Å². The van der Waals surface area contributed by atoms with Crippen LogP contribution in [0.2, 0.25) is 0 Å². The first-order valence-electron chi connectivity index (χ1n) is 18.2. The number of hydrogen-bond donors (Lipinski definition) is 0. The normalized spacial score (nSPS) is 20.2. The lowest BCUT2D eigenvalue weighted by Gasteiger charge is -2.46. The minimum Gasteiger partial charge on any atom is -0.368 e. The molecular weight excluding hydrogens is 661 g/mol. The Morgan fingerprint density at radius 2 is 0.774 bits per heavy atom. The van der Waals surface area contributed by atoms with Gasteiger partial charge in [0.1, 0.15) is 30.0 Å². The summed E-state index contributed by atoms with van der Waals surface area (Å²) in [5.41, 5.74) is 5.16. The highest BCUT2D eigenvalue weighted by Gasteiger charge is 2.50. The SMILES string of the molecule is CO[C@H]1O[C@H](COC(c2ccccc2)(c2ccccc2)c2ccccc2)[C@@H](OCc2ccccc2)[C@H](OCc2ccccc2)[C@@H]1OCc1ccccc1. The molecule has 1 heterocycles. The fourth-order valence-corrected chi connectivity index (χ4v) is 7.05. The summed E-state index contributed by atoms with van der Waals surface area (Å²) in [6.45, 7) is 1.22. The smallest absolute Gasteiger partial charge is 0.186 e. The van der Waals surface area contributed by atoms with Crippen LogP contribution >= 0.6 is 0 Å². The molecule has 6 nitrogen and oxygen atoms in total. The van der Waals surface area contributed by atoms with Crippen LogP contribution in [-0.2, 0) is 53.8 Å². The number of methoxy groups -OCH3 is 1. The molecule has 0 unspecified atom stereocenters. The largest absolute Gasteiger partial charge is 0.368 e. The maximum atomic E-state index is 7.32. The van der Waals surface area contributed by atoms with E-state index in [2.05, 4.69) is 60.7 Å². The van der Waals surface area contributed by atoms with Gasteiger partial charge in [-0.2, -0.15) is 0 Å². The third-order valence-electron chi connectivity index (χ3n) is 9.68. The minimum absolute atomic E-state index is 0.161. The highest BCUT2D eigenvalue weighted by atomic mass is 16.7. The second-order valence-corrected chi connectivity index (χ2v) is 13.2. The molecule has 0 spiro atoms. The standard InChI is InChI=1S/C47H46O6/c1-48-46-45(51-34-38-24-12-4-13-25-38)44(50-33-37-22-10-3-11-23-37)43(49-32-36-20-8-2-9-21-36)42(53-46)35-52-47(39-26-14-5-15-27-39,40-28-16-6-17-29-40)41-30-18-7-19-31-41/h2-31,42-46H,32-35H2,1H3/t42-,43-,44+,45+,46+/m1/s1. The molecule has 6 heteroatoms. The lowest BCUT2D eigenvalue weighted by atomic mass is 9.80. The Hall–Kier alpha value is -4.92. The van der Waals surface area contributed by atoms with Crippen molar-refractivity contribution in [2.24, 2.45) is 0 Å². The molecular formula is C47H46O6. The van der Waals surface area contributed by atoms with Gasteiger partial charge in [-0.25, -0.2) is 0 Å². The molecule has 1 aliphatic heterocycles. The van der Waals surface area contributed by atoms with Crippen molar-refractivity contribution >= 4 is 0 Å². The van der Waals surface area contributed by atoms with Gasteiger partial charge in [0.25, 0.3) is 0 Å². The number of hydrogen-bond acceptors (Lipinski definition) is 6. The summed E-state index contributed by atoms with van der Waals surface area (Å²) in [6, 6.07) is 61.4. The first kappa shape index (κ1) is 36.4. The van der Waals surface area contributed by atoms with E-state index in [-0.39, 0.29) is 6.61 Å². The maximum Gasteiger partial charge on any atom is 0.186 e. The molecule has 6 aromatic carbocycles. The van der Waals surface area contributed by atoms with Crippen molar-refractivity contribution in [1.29, 1.82) is 0 Å². The molecule has 1 fully saturated rings. The molecule has 0 radical (unpaired) electrons. The van der Waals surface area contributed by atoms with Crippen molar-refractivity contribution in [1.82, 2.24) is 0 Å². The van der Waals surface area contributed by atoms with Crippen molar-refractivity contribution in [3.63, 3.8) is 0 Å². The molecule has 0 saturated carbocycles. The van der Waals surface area contributed by atoms with Crippen LogP contribution in [0.15, 0.2) is 182 Å². The van der Waals surface area contributed by atoms with E-state index in [9.17, 15) is 0 Å². The summed E-state index contributed by atoms with van der Waals surface area (Å²) in [6.07, 6.45) is -3.13. The van der Waals surface area contributed by atoms with Crippen LogP contribution < -0.4 is 0 Å². The second kappa shape index (κ2) is 18.2. The van der Waals surface area contributed by atoms with Crippen LogP contribution in [0, 0.1) is 0 Å². The van der Waals surface area contributed by atoms with Crippen molar-refractivity contribution in [2.45, 2.75) is 56.1 Å². The van der Waals surface area contributed by atoms with E-state index in [0.717, 1.165) is 33.4 Å². The zero-order valence-corrected chi connectivity index (χ0v) is 30.0. The molecule has 0 N–H and O–H groups in total. The zero-order chi connectivity index (χ0) is 36.1. The lowest BCUT2D eigenvalue weighted by molar-refractivity contribution is -0.325. The summed E-state index contributed by atoms with van der Waals surface area (Å²) < 4.78 is 40.6. The van der Waals surface area contributed by atoms with Crippen molar-refractivity contribution in [3.05, 3.63) is 215 Å². The van der Waals surface area contributed by atoms with E-state index >= 15 is 0 Å². The molecule has 1 aliphatic rings. The molecule has 1 saturated heterocycles. The van der Waals surface area contributed by atoms with Crippen molar-refractivity contribution in [2.75, 3.05) is 13.7 Å². The number of rotatable bonds is 16. The van der Waals surface area contributed by atoms with Gasteiger partial charge >= 0.3 is 0 Å². The van der Waals surface area contributed by atoms with Gasteiger partial charge in [0, 0.05) is 7.11 Å². The van der Waals surface area contributed by atoms with Gasteiger partial charge in [-0.3, -0.25) is 0 Å². The third-order valence-corrected chi connectivity index (χ3v) is 9.68. The molecule has 270 valence electrons. The number of ether oxygens (including phenoxy) is 6. The Bertz CT molecular complexity index is 1810. The minimum atomic E-state index is -0.958. The summed E-state index contributed by atoms with van der Waals surface area (Å²) in [4.78, 5) is 0. The number of benzene rings is 6. The lowest BCUT2D eigenvalue weighted by Crippen LogP contribution is -2.62. The van der Waals surface area contributed by atoms with E-state index < -0.39 is 36.3 Å². The van der Waals surface area contributed by atoms with Crippen LogP contribution in [0.1, 0.15) is 33.4 Å². The average molecular weight is 707 g/mol. The Kier molecular flexibility index (Phi) is 12.5. The van der Waals surface area contributed by atoms with Gasteiger partial charge < -0.3 is 28.4 Å². The molecule has 0 aliphatic carbocycles. The third kappa shape index (κ3) is 8.83. The molecule has 0 amide bonds. The molecule has 7 rings (SSSR count). The van der Waals surface area contributed by atoms with E-state index in [1.807, 2.05) is 121 Å². The van der Waals surface area contributed by atoms with Crippen LogP contribution in [-0.4, -0.2) is 44.4 Å². The average Bonchev–Trinajstić information content (AvgIpc) is 3.24. The van der Waals surface area contributed by atoms with Gasteiger partial charge in [-0.15, -0.1) is 0 Å². The predicted molar refractivity (Wildman–Crippen MR) is 206 cm³/mol. The monoisotopic (exact) mass is 706 g/mol. The molecule has 6 aromatic rings. The van der Waals surface area contributed by atoms with Crippen LogP contribution in [0.25, 0.3) is 0 Å². The van der Waals surface area contributed by atoms with Crippen molar-refractivity contribution in [3.8, 4) is 0 Å². The Balaban J connectivity index is 1.27. The fourth-order valence-electron chi connectivity index (χ4n) is 7.05. The zero-order valence-electron chi connectivity index (χ0n) is 30.0. The Morgan fingerprint density at radius 3 is 1.15 bits per heavy atom. The van der Waals surface area contributed by atoms with Gasteiger partial charge in [-0.1, -0.05) is 182 Å². The summed E-state index contributed by atoms with van der Waals surface area (Å²) >= 11 is 0. The highest BCUT2D eigenvalue weighted by molar-refractivity contribution is 5.47. The second-order valence-electron chi connectivity index (χ2n) is 13.2. The first-order valence-corrected chi connectivity index (χ1v) is 18.2. The maximum absolute atomic E-state index is 7.32. The van der Waals surface area contributed by atoms with Gasteiger partial charge in [0.05, 0.1) is 26.4 Å². The topological polar surface area (TPSA) is 55.4 Å². The van der Waals surface area contributed by atoms with Gasteiger partial charge in [-0.05, 0) is 33.4 Å². The fraction of sp³-hybridized carbons (Fsp3) is 0.234. The first-order chi connectivity index (χ1) is 26.2. The van der Waals surface area contributed by atoms with Crippen LogP contribution in [0.3, 0.4) is 0 Å². The van der Waals surface area contributed by atoms with Crippen LogP contribution in [0.4, 0.5) is 0 Å². The summed E-state index contributed by atoms with van der Waals surface area (Å²) in [7, 11) is 1.64. The quantitative estimate of drug-likeness (QED) is 0.0937. The molecule has 0 bridgehead atoms.